The molecule has 0 aliphatic carbocycles. The molecule has 6 heteroatoms. The lowest BCUT2D eigenvalue weighted by atomic mass is 10.5. The minimum atomic E-state index is -0.249. The Morgan fingerprint density at radius 2 is 2.23 bits per heavy atom. The van der Waals surface area contributed by atoms with E-state index in [0.717, 1.165) is 0 Å². The van der Waals surface area contributed by atoms with Crippen molar-refractivity contribution in [1.82, 2.24) is 5.43 Å². The normalized spacial score (nSPS) is 9.38. The van der Waals surface area contributed by atoms with Crippen molar-refractivity contribution in [3.8, 4) is 0 Å². The van der Waals surface area contributed by atoms with E-state index in [1.807, 2.05) is 5.43 Å². The Kier molecular flexibility index (Phi) is 7.42. The lowest BCUT2D eigenvalue weighted by molar-refractivity contribution is -0.139. The Labute approximate surface area is 81.3 Å². The second-order valence-corrected chi connectivity index (χ2v) is 3.28. The zero-order valence-corrected chi connectivity index (χ0v) is 8.36. The average molecular weight is 206 g/mol. The first-order chi connectivity index (χ1) is 6.20. The zero-order valence-electron chi connectivity index (χ0n) is 7.54. The van der Waals surface area contributed by atoms with Gasteiger partial charge in [-0.25, -0.2) is 5.84 Å². The maximum atomic E-state index is 10.8. The Morgan fingerprint density at radius 3 is 2.77 bits per heavy atom. The Morgan fingerprint density at radius 1 is 1.54 bits per heavy atom. The van der Waals surface area contributed by atoms with E-state index >= 15 is 0 Å². The minimum absolute atomic E-state index is 0.226. The molecule has 0 atom stereocenters. The van der Waals surface area contributed by atoms with E-state index in [2.05, 4.69) is 0 Å². The fourth-order valence-corrected chi connectivity index (χ4v) is 1.32. The highest BCUT2D eigenvalue weighted by molar-refractivity contribution is 7.99. The van der Waals surface area contributed by atoms with E-state index in [1.165, 1.54) is 11.8 Å². The van der Waals surface area contributed by atoms with Crippen molar-refractivity contribution in [3.63, 3.8) is 0 Å². The van der Waals surface area contributed by atoms with Crippen LogP contribution in [-0.2, 0) is 14.3 Å². The molecule has 0 aliphatic rings. The monoisotopic (exact) mass is 206 g/mol. The van der Waals surface area contributed by atoms with Crippen molar-refractivity contribution in [3.05, 3.63) is 0 Å². The second kappa shape index (κ2) is 7.88. The summed E-state index contributed by atoms with van der Waals surface area (Å²) in [6.45, 7) is 2.15. The van der Waals surface area contributed by atoms with Gasteiger partial charge in [0.2, 0.25) is 5.91 Å². The third-order valence-corrected chi connectivity index (χ3v) is 2.09. The van der Waals surface area contributed by atoms with Gasteiger partial charge < -0.3 is 4.74 Å². The third-order valence-electron chi connectivity index (χ3n) is 1.16. The van der Waals surface area contributed by atoms with Crippen molar-refractivity contribution < 1.29 is 14.3 Å². The van der Waals surface area contributed by atoms with Gasteiger partial charge in [0.05, 0.1) is 12.4 Å². The van der Waals surface area contributed by atoms with Crippen LogP contribution in [0.3, 0.4) is 0 Å². The summed E-state index contributed by atoms with van der Waals surface area (Å²) in [7, 11) is 0. The molecule has 0 heterocycles. The van der Waals surface area contributed by atoms with Gasteiger partial charge in [-0.15, -0.1) is 11.8 Å². The molecule has 0 saturated carbocycles. The molecule has 76 valence electrons. The summed E-state index contributed by atoms with van der Waals surface area (Å²) in [6.07, 6.45) is 0.320. The summed E-state index contributed by atoms with van der Waals surface area (Å²) in [5.74, 6) is 5.24. The van der Waals surface area contributed by atoms with Crippen molar-refractivity contribution >= 4 is 23.6 Å². The highest BCUT2D eigenvalue weighted by atomic mass is 32.2. The maximum absolute atomic E-state index is 10.8. The van der Waals surface area contributed by atoms with Crippen LogP contribution in [0.15, 0.2) is 0 Å². The lowest BCUT2D eigenvalue weighted by Crippen LogP contribution is -2.30. The number of ether oxygens (including phenoxy) is 1. The number of nitrogens with one attached hydrogen (secondary N) is 1. The van der Waals surface area contributed by atoms with Crippen LogP contribution in [0, 0.1) is 0 Å². The molecule has 0 aromatic heterocycles. The third kappa shape index (κ3) is 7.61. The van der Waals surface area contributed by atoms with Gasteiger partial charge in [-0.2, -0.15) is 0 Å². The smallest absolute Gasteiger partial charge is 0.315 e. The molecule has 0 rings (SSSR count). The predicted molar refractivity (Wildman–Crippen MR) is 50.9 cm³/mol. The number of rotatable bonds is 6. The number of hydrogen-bond donors (Lipinski definition) is 2. The quantitative estimate of drug-likeness (QED) is 0.204. The molecule has 3 N–H and O–H groups in total. The zero-order chi connectivity index (χ0) is 10.1. The van der Waals surface area contributed by atoms with Crippen LogP contribution in [0.1, 0.15) is 13.3 Å². The first-order valence-electron chi connectivity index (χ1n) is 3.93. The van der Waals surface area contributed by atoms with Crippen LogP contribution < -0.4 is 11.3 Å². The van der Waals surface area contributed by atoms with Crippen molar-refractivity contribution in [1.29, 1.82) is 0 Å². The SMILES string of the molecule is CCOC(=O)CSCCC(=O)NN. The van der Waals surface area contributed by atoms with Crippen LogP contribution in [0.2, 0.25) is 0 Å². The number of hydrogen-bond acceptors (Lipinski definition) is 5. The molecule has 0 aromatic carbocycles. The van der Waals surface area contributed by atoms with E-state index in [0.29, 0.717) is 18.8 Å². The van der Waals surface area contributed by atoms with Gasteiger partial charge in [0, 0.05) is 12.2 Å². The molecule has 13 heavy (non-hydrogen) atoms. The van der Waals surface area contributed by atoms with Gasteiger partial charge in [0.25, 0.3) is 0 Å². The molecule has 5 nitrogen and oxygen atoms in total. The summed E-state index contributed by atoms with van der Waals surface area (Å²) in [6, 6.07) is 0. The molecule has 0 fully saturated rings. The standard InChI is InChI=1S/C7H14N2O3S/c1-2-12-7(11)5-13-4-3-6(10)9-8/h2-5,8H2,1H3,(H,9,10). The second-order valence-electron chi connectivity index (χ2n) is 2.18. The summed E-state index contributed by atoms with van der Waals surface area (Å²) in [5, 5.41) is 0. The summed E-state index contributed by atoms with van der Waals surface area (Å²) in [4.78, 5) is 21.4. The molecule has 0 bridgehead atoms. The molecular formula is C7H14N2O3S. The van der Waals surface area contributed by atoms with Gasteiger partial charge in [-0.1, -0.05) is 0 Å². The number of esters is 1. The lowest BCUT2D eigenvalue weighted by Gasteiger charge is -2.01. The Hall–Kier alpha value is -0.750. The van der Waals surface area contributed by atoms with Crippen molar-refractivity contribution in [2.45, 2.75) is 13.3 Å². The average Bonchev–Trinajstić information content (AvgIpc) is 2.12. The molecule has 0 unspecified atom stereocenters. The highest BCUT2D eigenvalue weighted by Gasteiger charge is 2.02. The first kappa shape index (κ1) is 12.2. The van der Waals surface area contributed by atoms with Crippen LogP contribution in [-0.4, -0.2) is 30.0 Å². The topological polar surface area (TPSA) is 81.4 Å². The van der Waals surface area contributed by atoms with E-state index in [4.69, 9.17) is 10.6 Å². The maximum Gasteiger partial charge on any atom is 0.315 e. The van der Waals surface area contributed by atoms with Gasteiger partial charge in [-0.3, -0.25) is 15.0 Å². The molecule has 1 amide bonds. The van der Waals surface area contributed by atoms with Crippen molar-refractivity contribution in [2.24, 2.45) is 5.84 Å². The number of nitrogens with two attached hydrogens (primary N) is 1. The van der Waals surface area contributed by atoms with Gasteiger partial charge in [-0.05, 0) is 6.92 Å². The molecule has 0 spiro atoms. The predicted octanol–water partition coefficient (Wildman–Crippen LogP) is -0.337. The number of carbonyl (C=O) groups excluding carboxylic acids is 2. The highest BCUT2D eigenvalue weighted by Crippen LogP contribution is 2.02. The molecule has 0 aromatic rings. The largest absolute Gasteiger partial charge is 0.465 e. The van der Waals surface area contributed by atoms with Crippen LogP contribution in [0.5, 0.6) is 0 Å². The van der Waals surface area contributed by atoms with E-state index in [1.54, 1.807) is 6.92 Å². The Balaban J connectivity index is 3.25. The fraction of sp³-hybridized carbons (Fsp3) is 0.714. The molecule has 0 saturated heterocycles. The van der Waals surface area contributed by atoms with Crippen LogP contribution in [0.4, 0.5) is 0 Å². The summed E-state index contributed by atoms with van der Waals surface area (Å²) in [5.41, 5.74) is 2.01. The molecular weight excluding hydrogens is 192 g/mol. The minimum Gasteiger partial charge on any atom is -0.465 e. The summed E-state index contributed by atoms with van der Waals surface area (Å²) >= 11 is 1.35. The molecule has 0 radical (unpaired) electrons. The van der Waals surface area contributed by atoms with Gasteiger partial charge in [0.15, 0.2) is 0 Å². The number of carbonyl (C=O) groups is 2. The summed E-state index contributed by atoms with van der Waals surface area (Å²) < 4.78 is 4.69. The van der Waals surface area contributed by atoms with Crippen LogP contribution in [0.25, 0.3) is 0 Å². The van der Waals surface area contributed by atoms with E-state index in [9.17, 15) is 9.59 Å². The number of hydrazine groups is 1. The van der Waals surface area contributed by atoms with Gasteiger partial charge in [0.1, 0.15) is 0 Å². The van der Waals surface area contributed by atoms with E-state index in [-0.39, 0.29) is 17.6 Å². The van der Waals surface area contributed by atoms with Gasteiger partial charge >= 0.3 is 5.97 Å². The Bertz CT molecular complexity index is 175. The van der Waals surface area contributed by atoms with Crippen LogP contribution >= 0.6 is 11.8 Å². The number of thioether (sulfide) groups is 1. The first-order valence-corrected chi connectivity index (χ1v) is 5.09. The van der Waals surface area contributed by atoms with Crippen molar-refractivity contribution in [2.75, 3.05) is 18.1 Å². The molecule has 0 aliphatic heterocycles. The van der Waals surface area contributed by atoms with E-state index < -0.39 is 0 Å². The fourth-order valence-electron chi connectivity index (χ4n) is 0.595. The number of amides is 1.